The van der Waals surface area contributed by atoms with Crippen molar-refractivity contribution in [2.75, 3.05) is 6.66 Å². The zero-order chi connectivity index (χ0) is 19.1. The van der Waals surface area contributed by atoms with Gasteiger partial charge in [-0.15, -0.1) is 0 Å². The van der Waals surface area contributed by atoms with Crippen LogP contribution in [0.2, 0.25) is 0 Å². The third-order valence-electron chi connectivity index (χ3n) is 1.31. The van der Waals surface area contributed by atoms with Crippen molar-refractivity contribution in [3.05, 3.63) is 0 Å². The predicted octanol–water partition coefficient (Wildman–Crippen LogP) is 1.27. The molecule has 0 heterocycles. The van der Waals surface area contributed by atoms with E-state index in [2.05, 4.69) is 0 Å². The average Bonchev–Trinajstić information content (AvgIpc) is 2.25. The molecule has 0 aromatic rings. The molecule has 0 amide bonds. The first kappa shape index (κ1) is 28.8. The van der Waals surface area contributed by atoms with E-state index in [1.807, 2.05) is 55.4 Å². The van der Waals surface area contributed by atoms with Crippen molar-refractivity contribution in [1.29, 1.82) is 0 Å². The van der Waals surface area contributed by atoms with Gasteiger partial charge in [0.1, 0.15) is 0 Å². The molecule has 0 unspecified atom stereocenters. The SMILES string of the molecule is CC(C)[O][Al+][O]C(C)C.CC(C)[O][Al+][O]C(C)C.CP(=O)([O-])[O-]. The van der Waals surface area contributed by atoms with Crippen molar-refractivity contribution in [3.63, 3.8) is 0 Å². The van der Waals surface area contributed by atoms with E-state index in [4.69, 9.17) is 29.5 Å². The van der Waals surface area contributed by atoms with Crippen molar-refractivity contribution in [1.82, 2.24) is 0 Å². The van der Waals surface area contributed by atoms with Gasteiger partial charge in [0, 0.05) is 0 Å². The van der Waals surface area contributed by atoms with Gasteiger partial charge in [-0.3, -0.25) is 0 Å². The molecule has 0 bridgehead atoms. The Labute approximate surface area is 155 Å². The quantitative estimate of drug-likeness (QED) is 0.459. The molecule has 0 fully saturated rings. The predicted molar refractivity (Wildman–Crippen MR) is 89.9 cm³/mol. The molecule has 0 radical (unpaired) electrons. The Balaban J connectivity index is -0.000000273. The molecule has 0 aliphatic rings. The summed E-state index contributed by atoms with van der Waals surface area (Å²) in [5.74, 6) is 0. The Morgan fingerprint density at radius 1 is 0.652 bits per heavy atom. The van der Waals surface area contributed by atoms with Gasteiger partial charge in [0.2, 0.25) is 0 Å². The number of hydrogen-bond donors (Lipinski definition) is 0. The standard InChI is InChI=1S/4C3H7O.CH5O3P.2Al/c4*1-3(2)4;1-5(2,3)4;;/h4*3H,1-2H3;1H3,(H2,2,3,4);;/q4*-1;;2*+3/p-2. The minimum absolute atomic E-state index is 0.245. The first-order chi connectivity index (χ1) is 10.3. The first-order valence-electron chi connectivity index (χ1n) is 7.50. The maximum absolute atomic E-state index is 9.10. The Bertz CT molecular complexity index is 241. The van der Waals surface area contributed by atoms with E-state index in [9.17, 15) is 0 Å². The largest absolute Gasteiger partial charge is 0.811 e. The summed E-state index contributed by atoms with van der Waals surface area (Å²) in [4.78, 5) is 18.2. The fraction of sp³-hybridized carbons (Fsp3) is 1.00. The fourth-order valence-electron chi connectivity index (χ4n) is 0.509. The van der Waals surface area contributed by atoms with Crippen molar-refractivity contribution in [2.24, 2.45) is 0 Å². The zero-order valence-electron chi connectivity index (χ0n) is 15.8. The van der Waals surface area contributed by atoms with Crippen LogP contribution in [0.15, 0.2) is 0 Å². The Hall–Kier alpha value is 1.05. The van der Waals surface area contributed by atoms with Gasteiger partial charge >= 0.3 is 127 Å². The molecular formula is C13H31Al2O7P. The zero-order valence-corrected chi connectivity index (χ0v) is 19.0. The van der Waals surface area contributed by atoms with E-state index in [1.54, 1.807) is 0 Å². The van der Waals surface area contributed by atoms with Gasteiger partial charge in [0.05, 0.1) is 0 Å². The summed E-state index contributed by atoms with van der Waals surface area (Å²) in [7, 11) is -4.14. The smallest absolute Gasteiger partial charge is 0.0369 e. The van der Waals surface area contributed by atoms with Crippen LogP contribution in [0.5, 0.6) is 0 Å². The minimum Gasteiger partial charge on any atom is -0.811 e. The first-order valence-corrected chi connectivity index (χ1v) is 11.4. The molecule has 0 saturated heterocycles. The molecule has 0 spiro atoms. The topological polar surface area (TPSA) is 100 Å². The molecule has 0 rings (SSSR count). The van der Waals surface area contributed by atoms with E-state index in [-0.39, 0.29) is 31.8 Å². The van der Waals surface area contributed by atoms with Gasteiger partial charge in [-0.1, -0.05) is 7.60 Å². The van der Waals surface area contributed by atoms with Crippen LogP contribution in [0.3, 0.4) is 0 Å². The van der Waals surface area contributed by atoms with Gasteiger partial charge in [-0.05, 0) is 6.66 Å². The minimum atomic E-state index is -4.14. The molecule has 7 nitrogen and oxygen atoms in total. The summed E-state index contributed by atoms with van der Waals surface area (Å²) in [6, 6.07) is 0. The molecule has 0 N–H and O–H groups in total. The van der Waals surface area contributed by atoms with Crippen LogP contribution in [0.25, 0.3) is 0 Å². The second-order valence-corrected chi connectivity index (χ2v) is 8.72. The molecule has 0 aromatic carbocycles. The van der Waals surface area contributed by atoms with Crippen LogP contribution in [0.1, 0.15) is 55.4 Å². The number of rotatable bonds is 8. The van der Waals surface area contributed by atoms with E-state index < -0.39 is 7.60 Å². The van der Waals surface area contributed by atoms with Gasteiger partial charge in [0.15, 0.2) is 0 Å². The summed E-state index contributed by atoms with van der Waals surface area (Å²) < 4.78 is 30.0. The summed E-state index contributed by atoms with van der Waals surface area (Å²) in [6.07, 6.45) is 1.22. The van der Waals surface area contributed by atoms with Crippen molar-refractivity contribution in [3.8, 4) is 0 Å². The molecule has 0 saturated carbocycles. The molecule has 23 heavy (non-hydrogen) atoms. The van der Waals surface area contributed by atoms with Crippen LogP contribution >= 0.6 is 7.60 Å². The molecule has 0 aliphatic carbocycles. The Kier molecular flexibility index (Phi) is 22.4. The monoisotopic (exact) mass is 384 g/mol. The Morgan fingerprint density at radius 3 is 0.870 bits per heavy atom. The maximum Gasteiger partial charge on any atom is -0.0369 e. The van der Waals surface area contributed by atoms with Crippen LogP contribution in [-0.4, -0.2) is 62.9 Å². The van der Waals surface area contributed by atoms with Gasteiger partial charge in [-0.2, -0.15) is 0 Å². The second-order valence-electron chi connectivity index (χ2n) is 5.70. The van der Waals surface area contributed by atoms with Gasteiger partial charge < -0.3 is 14.4 Å². The molecular weight excluding hydrogens is 353 g/mol. The van der Waals surface area contributed by atoms with Crippen LogP contribution < -0.4 is 9.79 Å². The molecule has 0 aromatic heterocycles. The second kappa shape index (κ2) is 17.9. The van der Waals surface area contributed by atoms with Crippen molar-refractivity contribution >= 4 is 39.4 Å². The van der Waals surface area contributed by atoms with E-state index in [1.165, 1.54) is 0 Å². The van der Waals surface area contributed by atoms with E-state index in [0.717, 1.165) is 0 Å². The molecule has 10 heteroatoms. The average molecular weight is 384 g/mol. The van der Waals surface area contributed by atoms with Crippen LogP contribution in [0, 0.1) is 0 Å². The van der Waals surface area contributed by atoms with Gasteiger partial charge in [-0.25, -0.2) is 0 Å². The summed E-state index contributed by atoms with van der Waals surface area (Å²) in [5.41, 5.74) is 0. The summed E-state index contributed by atoms with van der Waals surface area (Å²) in [6.45, 7) is 16.7. The van der Waals surface area contributed by atoms with E-state index >= 15 is 0 Å². The molecule has 0 atom stereocenters. The van der Waals surface area contributed by atoms with Crippen LogP contribution in [-0.2, 0) is 19.7 Å². The van der Waals surface area contributed by atoms with E-state index in [0.29, 0.717) is 31.1 Å². The molecule has 0 aliphatic heterocycles. The number of hydrogen-bond acceptors (Lipinski definition) is 7. The van der Waals surface area contributed by atoms with Crippen molar-refractivity contribution < 1.29 is 29.5 Å². The van der Waals surface area contributed by atoms with Crippen molar-refractivity contribution in [2.45, 2.75) is 79.8 Å². The maximum atomic E-state index is 9.10. The van der Waals surface area contributed by atoms with Gasteiger partial charge in [0.25, 0.3) is 0 Å². The summed E-state index contributed by atoms with van der Waals surface area (Å²) >= 11 is -0.491. The third kappa shape index (κ3) is 60.0. The van der Waals surface area contributed by atoms with Crippen LogP contribution in [0.4, 0.5) is 0 Å². The Morgan fingerprint density at radius 2 is 0.783 bits per heavy atom. The molecule has 136 valence electrons. The normalized spacial score (nSPS) is 10.7. The summed E-state index contributed by atoms with van der Waals surface area (Å²) in [5, 5.41) is 0. The third-order valence-corrected chi connectivity index (χ3v) is 3.93. The fourth-order valence-corrected chi connectivity index (χ4v) is 1.53.